The smallest absolute Gasteiger partial charge is 0.223 e. The fourth-order valence-electron chi connectivity index (χ4n) is 1.28. The second-order valence-corrected chi connectivity index (χ2v) is 4.88. The minimum atomic E-state index is -0.607. The number of nitrogens with one attached hydrogen (secondary N) is 2. The third kappa shape index (κ3) is 6.47. The average Bonchev–Trinajstić information content (AvgIpc) is 2.91. The minimum Gasteiger partial charge on any atom is -0.390 e. The molecule has 0 aliphatic heterocycles. The van der Waals surface area contributed by atoms with Gasteiger partial charge in [0.25, 0.3) is 0 Å². The zero-order chi connectivity index (χ0) is 11.3. The fourth-order valence-corrected chi connectivity index (χ4v) is 1.28. The Morgan fingerprint density at radius 2 is 2.00 bits per heavy atom. The largest absolute Gasteiger partial charge is 0.390 e. The van der Waals surface area contributed by atoms with Crippen LogP contribution < -0.4 is 10.6 Å². The molecule has 4 nitrogen and oxygen atoms in total. The maximum absolute atomic E-state index is 11.2. The van der Waals surface area contributed by atoms with Crippen molar-refractivity contribution < 1.29 is 9.90 Å². The van der Waals surface area contributed by atoms with Gasteiger partial charge in [0.15, 0.2) is 0 Å². The summed E-state index contributed by atoms with van der Waals surface area (Å²) in [4.78, 5) is 11.2. The molecule has 0 aromatic rings. The zero-order valence-corrected chi connectivity index (χ0v) is 9.68. The first-order valence-electron chi connectivity index (χ1n) is 5.70. The van der Waals surface area contributed by atoms with Gasteiger partial charge < -0.3 is 15.7 Å². The van der Waals surface area contributed by atoms with Crippen LogP contribution in [0.5, 0.6) is 0 Å². The molecule has 0 radical (unpaired) electrons. The summed E-state index contributed by atoms with van der Waals surface area (Å²) in [5.74, 6) is 0.487. The lowest BCUT2D eigenvalue weighted by Gasteiger charge is -2.16. The summed E-state index contributed by atoms with van der Waals surface area (Å²) in [5, 5.41) is 15.5. The lowest BCUT2D eigenvalue weighted by Crippen LogP contribution is -2.34. The van der Waals surface area contributed by atoms with Crippen LogP contribution in [0.15, 0.2) is 0 Å². The van der Waals surface area contributed by atoms with E-state index in [2.05, 4.69) is 10.6 Å². The molecule has 1 aliphatic rings. The number of hydrogen-bond donors (Lipinski definition) is 3. The first-order chi connectivity index (χ1) is 6.99. The molecule has 0 bridgehead atoms. The summed E-state index contributed by atoms with van der Waals surface area (Å²) in [6, 6.07) is 0. The Kier molecular flexibility index (Phi) is 4.54. The van der Waals surface area contributed by atoms with E-state index in [0.29, 0.717) is 12.5 Å². The molecule has 1 amide bonds. The van der Waals surface area contributed by atoms with Crippen LogP contribution in [0.2, 0.25) is 0 Å². The van der Waals surface area contributed by atoms with Crippen molar-refractivity contribution in [3.63, 3.8) is 0 Å². The Labute approximate surface area is 91.4 Å². The molecule has 4 heteroatoms. The Balaban J connectivity index is 1.86. The number of hydrogen-bond acceptors (Lipinski definition) is 3. The molecular formula is C11H22N2O2. The van der Waals surface area contributed by atoms with Crippen molar-refractivity contribution in [3.05, 3.63) is 0 Å². The molecule has 15 heavy (non-hydrogen) atoms. The standard InChI is InChI=1S/C11H22N2O2/c1-11(2,15)5-6-12-7-8-13-10(14)9-3-4-9/h9,12,15H,3-8H2,1-2H3,(H,13,14). The molecular weight excluding hydrogens is 192 g/mol. The first-order valence-corrected chi connectivity index (χ1v) is 5.70. The SMILES string of the molecule is CC(C)(O)CCNCCNC(=O)C1CC1. The maximum Gasteiger partial charge on any atom is 0.223 e. The molecule has 0 aromatic carbocycles. The molecule has 1 fully saturated rings. The second-order valence-electron chi connectivity index (χ2n) is 4.88. The second kappa shape index (κ2) is 5.47. The van der Waals surface area contributed by atoms with Crippen LogP contribution in [-0.2, 0) is 4.79 Å². The highest BCUT2D eigenvalue weighted by molar-refractivity contribution is 5.80. The molecule has 1 rings (SSSR count). The molecule has 0 heterocycles. The Bertz CT molecular complexity index is 207. The molecule has 0 saturated heterocycles. The van der Waals surface area contributed by atoms with Gasteiger partial charge in [-0.15, -0.1) is 0 Å². The van der Waals surface area contributed by atoms with Crippen LogP contribution in [0.3, 0.4) is 0 Å². The van der Waals surface area contributed by atoms with Crippen LogP contribution in [-0.4, -0.2) is 36.2 Å². The normalized spacial score (nSPS) is 16.5. The predicted molar refractivity (Wildman–Crippen MR) is 59.5 cm³/mol. The summed E-state index contributed by atoms with van der Waals surface area (Å²) in [5.41, 5.74) is -0.607. The molecule has 0 spiro atoms. The summed E-state index contributed by atoms with van der Waals surface area (Å²) in [6.45, 7) is 5.83. The summed E-state index contributed by atoms with van der Waals surface area (Å²) < 4.78 is 0. The minimum absolute atomic E-state index is 0.194. The van der Waals surface area contributed by atoms with E-state index in [1.165, 1.54) is 0 Å². The summed E-state index contributed by atoms with van der Waals surface area (Å²) >= 11 is 0. The van der Waals surface area contributed by atoms with Crippen molar-refractivity contribution in [1.82, 2.24) is 10.6 Å². The Morgan fingerprint density at radius 3 is 2.53 bits per heavy atom. The number of amides is 1. The lowest BCUT2D eigenvalue weighted by molar-refractivity contribution is -0.122. The summed E-state index contributed by atoms with van der Waals surface area (Å²) in [7, 11) is 0. The monoisotopic (exact) mass is 214 g/mol. The molecule has 3 N–H and O–H groups in total. The highest BCUT2D eigenvalue weighted by Crippen LogP contribution is 2.28. The van der Waals surface area contributed by atoms with Gasteiger partial charge in [-0.25, -0.2) is 0 Å². The van der Waals surface area contributed by atoms with Gasteiger partial charge in [-0.2, -0.15) is 0 Å². The molecule has 0 unspecified atom stereocenters. The van der Waals surface area contributed by atoms with Crippen molar-refractivity contribution in [1.29, 1.82) is 0 Å². The highest BCUT2D eigenvalue weighted by atomic mass is 16.3. The van der Waals surface area contributed by atoms with E-state index in [9.17, 15) is 9.90 Å². The van der Waals surface area contributed by atoms with Crippen LogP contribution >= 0.6 is 0 Å². The zero-order valence-electron chi connectivity index (χ0n) is 9.68. The Morgan fingerprint density at radius 1 is 1.33 bits per heavy atom. The van der Waals surface area contributed by atoms with Gasteiger partial charge in [-0.3, -0.25) is 4.79 Å². The van der Waals surface area contributed by atoms with E-state index < -0.39 is 5.60 Å². The van der Waals surface area contributed by atoms with E-state index in [-0.39, 0.29) is 5.91 Å². The quantitative estimate of drug-likeness (QED) is 0.533. The number of aliphatic hydroxyl groups is 1. The molecule has 88 valence electrons. The van der Waals surface area contributed by atoms with Gasteiger partial charge in [0.05, 0.1) is 5.60 Å². The predicted octanol–water partition coefficient (Wildman–Crippen LogP) is 0.263. The van der Waals surface area contributed by atoms with Crippen molar-refractivity contribution in [2.24, 2.45) is 5.92 Å². The van der Waals surface area contributed by atoms with Crippen molar-refractivity contribution in [3.8, 4) is 0 Å². The van der Waals surface area contributed by atoms with Crippen LogP contribution in [0.25, 0.3) is 0 Å². The Hall–Kier alpha value is -0.610. The van der Waals surface area contributed by atoms with Crippen LogP contribution in [0.1, 0.15) is 33.1 Å². The highest BCUT2D eigenvalue weighted by Gasteiger charge is 2.28. The average molecular weight is 214 g/mol. The van der Waals surface area contributed by atoms with Crippen molar-refractivity contribution in [2.45, 2.75) is 38.7 Å². The van der Waals surface area contributed by atoms with Gasteiger partial charge >= 0.3 is 0 Å². The van der Waals surface area contributed by atoms with Crippen molar-refractivity contribution >= 4 is 5.91 Å². The van der Waals surface area contributed by atoms with Gasteiger partial charge in [0.2, 0.25) is 5.91 Å². The van der Waals surface area contributed by atoms with Gasteiger partial charge in [0, 0.05) is 19.0 Å². The van der Waals surface area contributed by atoms with Gasteiger partial charge in [0.1, 0.15) is 0 Å². The van der Waals surface area contributed by atoms with Crippen molar-refractivity contribution in [2.75, 3.05) is 19.6 Å². The van der Waals surface area contributed by atoms with Gasteiger partial charge in [-0.05, 0) is 39.7 Å². The molecule has 1 aliphatic carbocycles. The van der Waals surface area contributed by atoms with Crippen LogP contribution in [0, 0.1) is 5.92 Å². The fraction of sp³-hybridized carbons (Fsp3) is 0.909. The maximum atomic E-state index is 11.2. The lowest BCUT2D eigenvalue weighted by atomic mass is 10.1. The van der Waals surface area contributed by atoms with Crippen LogP contribution in [0.4, 0.5) is 0 Å². The number of rotatable bonds is 7. The third-order valence-electron chi connectivity index (χ3n) is 2.46. The topological polar surface area (TPSA) is 61.4 Å². The van der Waals surface area contributed by atoms with E-state index >= 15 is 0 Å². The van der Waals surface area contributed by atoms with E-state index in [4.69, 9.17) is 0 Å². The van der Waals surface area contributed by atoms with Gasteiger partial charge in [-0.1, -0.05) is 0 Å². The van der Waals surface area contributed by atoms with E-state index in [0.717, 1.165) is 32.4 Å². The number of carbonyl (C=O) groups is 1. The van der Waals surface area contributed by atoms with E-state index in [1.54, 1.807) is 13.8 Å². The van der Waals surface area contributed by atoms with E-state index in [1.807, 2.05) is 0 Å². The molecule has 1 saturated carbocycles. The third-order valence-corrected chi connectivity index (χ3v) is 2.46. The summed E-state index contributed by atoms with van der Waals surface area (Å²) in [6.07, 6.45) is 2.83. The molecule has 0 atom stereocenters. The number of carbonyl (C=O) groups excluding carboxylic acids is 1. The molecule has 0 aromatic heterocycles. The first kappa shape index (κ1) is 12.5.